The van der Waals surface area contributed by atoms with Crippen LogP contribution in [-0.4, -0.2) is 10.2 Å². The first kappa shape index (κ1) is 11.9. The van der Waals surface area contributed by atoms with E-state index in [1.54, 1.807) is 0 Å². The van der Waals surface area contributed by atoms with Crippen molar-refractivity contribution in [1.82, 2.24) is 4.98 Å². The molecule has 88 valence electrons. The van der Waals surface area contributed by atoms with E-state index in [-0.39, 0.29) is 6.04 Å². The lowest BCUT2D eigenvalue weighted by molar-refractivity contribution is 0.674. The van der Waals surface area contributed by atoms with Crippen molar-refractivity contribution < 1.29 is 0 Å². The van der Waals surface area contributed by atoms with Gasteiger partial charge in [0, 0.05) is 22.4 Å². The lowest BCUT2D eigenvalue weighted by Crippen LogP contribution is -2.10. The Morgan fingerprint density at radius 3 is 2.75 bits per heavy atom. The number of hydrogen-bond donors (Lipinski definition) is 1. The number of pyridine rings is 1. The van der Waals surface area contributed by atoms with Gasteiger partial charge in [-0.2, -0.15) is 0 Å². The molecule has 0 unspecified atom stereocenters. The molecule has 1 aromatic rings. The minimum absolute atomic E-state index is 0.0885. The summed E-state index contributed by atoms with van der Waals surface area (Å²) in [7, 11) is 0. The molecule has 0 bridgehead atoms. The zero-order valence-electron chi connectivity index (χ0n) is 9.86. The number of hydrogen-bond acceptors (Lipinski definition) is 3. The summed E-state index contributed by atoms with van der Waals surface area (Å²) in [5, 5.41) is 0.812. The monoisotopic (exact) mass is 236 g/mol. The normalized spacial score (nSPS) is 18.9. The van der Waals surface area contributed by atoms with Crippen LogP contribution in [0.1, 0.15) is 50.8 Å². The third kappa shape index (κ3) is 2.98. The van der Waals surface area contributed by atoms with Gasteiger partial charge < -0.3 is 5.73 Å². The van der Waals surface area contributed by atoms with E-state index in [0.717, 1.165) is 17.4 Å². The van der Waals surface area contributed by atoms with E-state index < -0.39 is 0 Å². The van der Waals surface area contributed by atoms with Gasteiger partial charge in [-0.05, 0) is 31.4 Å². The van der Waals surface area contributed by atoms with Crippen molar-refractivity contribution in [3.8, 4) is 0 Å². The number of aromatic nitrogens is 1. The van der Waals surface area contributed by atoms with Gasteiger partial charge in [0.2, 0.25) is 0 Å². The zero-order valence-corrected chi connectivity index (χ0v) is 10.7. The number of nitrogens with two attached hydrogens (primary N) is 1. The summed E-state index contributed by atoms with van der Waals surface area (Å²) in [4.78, 5) is 5.74. The van der Waals surface area contributed by atoms with Gasteiger partial charge in [-0.25, -0.2) is 0 Å². The van der Waals surface area contributed by atoms with E-state index in [4.69, 9.17) is 5.73 Å². The van der Waals surface area contributed by atoms with Gasteiger partial charge in [-0.15, -0.1) is 11.8 Å². The van der Waals surface area contributed by atoms with Crippen LogP contribution in [0.2, 0.25) is 0 Å². The Balaban J connectivity index is 1.96. The average Bonchev–Trinajstić information content (AvgIpc) is 2.82. The molecule has 1 aliphatic rings. The van der Waals surface area contributed by atoms with E-state index in [1.807, 2.05) is 18.0 Å². The summed E-state index contributed by atoms with van der Waals surface area (Å²) >= 11 is 1.98. The van der Waals surface area contributed by atoms with Crippen LogP contribution in [0.4, 0.5) is 0 Å². The molecule has 0 radical (unpaired) electrons. The molecule has 1 atom stereocenters. The summed E-state index contributed by atoms with van der Waals surface area (Å²) in [5.74, 6) is 0. The van der Waals surface area contributed by atoms with Crippen molar-refractivity contribution in [1.29, 1.82) is 0 Å². The highest BCUT2D eigenvalue weighted by atomic mass is 32.2. The molecule has 1 fully saturated rings. The van der Waals surface area contributed by atoms with Gasteiger partial charge in [0.05, 0.1) is 5.69 Å². The van der Waals surface area contributed by atoms with Crippen molar-refractivity contribution >= 4 is 11.8 Å². The zero-order chi connectivity index (χ0) is 11.4. The largest absolute Gasteiger partial charge is 0.323 e. The molecule has 2 rings (SSSR count). The van der Waals surface area contributed by atoms with Crippen molar-refractivity contribution in [3.05, 3.63) is 24.0 Å². The molecule has 16 heavy (non-hydrogen) atoms. The molecule has 1 saturated carbocycles. The lowest BCUT2D eigenvalue weighted by atomic mass is 10.1. The predicted molar refractivity (Wildman–Crippen MR) is 69.6 cm³/mol. The Morgan fingerprint density at radius 1 is 1.44 bits per heavy atom. The lowest BCUT2D eigenvalue weighted by Gasteiger charge is -2.11. The fourth-order valence-electron chi connectivity index (χ4n) is 2.09. The molecule has 1 aliphatic carbocycles. The molecule has 0 spiro atoms. The third-order valence-corrected chi connectivity index (χ3v) is 4.50. The Bertz CT molecular complexity index is 317. The van der Waals surface area contributed by atoms with E-state index in [9.17, 15) is 0 Å². The maximum Gasteiger partial charge on any atom is 0.0571 e. The summed E-state index contributed by atoms with van der Waals surface area (Å²) in [6, 6.07) is 4.33. The van der Waals surface area contributed by atoms with Gasteiger partial charge in [0.25, 0.3) is 0 Å². The van der Waals surface area contributed by atoms with Gasteiger partial charge >= 0.3 is 0 Å². The molecule has 1 aromatic heterocycles. The second-order valence-corrected chi connectivity index (χ2v) is 5.83. The Labute approximate surface area is 102 Å². The number of rotatable bonds is 4. The summed E-state index contributed by atoms with van der Waals surface area (Å²) < 4.78 is 0. The topological polar surface area (TPSA) is 38.9 Å². The first-order valence-corrected chi connectivity index (χ1v) is 7.05. The maximum absolute atomic E-state index is 5.94. The fraction of sp³-hybridized carbons (Fsp3) is 0.615. The second kappa shape index (κ2) is 5.69. The average molecular weight is 236 g/mol. The van der Waals surface area contributed by atoms with Crippen molar-refractivity contribution in [2.75, 3.05) is 0 Å². The van der Waals surface area contributed by atoms with Crippen molar-refractivity contribution in [2.45, 2.75) is 55.2 Å². The minimum atomic E-state index is 0.0885. The van der Waals surface area contributed by atoms with Crippen molar-refractivity contribution in [3.63, 3.8) is 0 Å². The number of thioether (sulfide) groups is 1. The molecular weight excluding hydrogens is 216 g/mol. The first-order valence-electron chi connectivity index (χ1n) is 6.17. The fourth-order valence-corrected chi connectivity index (χ4v) is 3.30. The molecule has 0 aliphatic heterocycles. The van der Waals surface area contributed by atoms with Gasteiger partial charge in [-0.1, -0.05) is 19.8 Å². The molecule has 0 amide bonds. The SMILES string of the molecule is CC[C@H](N)c1ccc(SC2CCCC2)cn1. The predicted octanol–water partition coefficient (Wildman–Crippen LogP) is 3.53. The Hall–Kier alpha value is -0.540. The molecule has 1 heterocycles. The van der Waals surface area contributed by atoms with E-state index in [0.29, 0.717) is 0 Å². The van der Waals surface area contributed by atoms with Crippen LogP contribution in [0.5, 0.6) is 0 Å². The minimum Gasteiger partial charge on any atom is -0.323 e. The Morgan fingerprint density at radius 2 is 2.19 bits per heavy atom. The highest BCUT2D eigenvalue weighted by Gasteiger charge is 2.16. The highest BCUT2D eigenvalue weighted by molar-refractivity contribution is 8.00. The summed E-state index contributed by atoms with van der Waals surface area (Å²) in [6.07, 6.45) is 8.44. The number of nitrogens with zero attached hydrogens (tertiary/aromatic N) is 1. The van der Waals surface area contributed by atoms with Crippen LogP contribution in [0.25, 0.3) is 0 Å². The van der Waals surface area contributed by atoms with Crippen LogP contribution in [-0.2, 0) is 0 Å². The van der Waals surface area contributed by atoms with Gasteiger partial charge in [-0.3, -0.25) is 4.98 Å². The summed E-state index contributed by atoms with van der Waals surface area (Å²) in [5.41, 5.74) is 6.95. The van der Waals surface area contributed by atoms with Crippen molar-refractivity contribution in [2.24, 2.45) is 5.73 Å². The quantitative estimate of drug-likeness (QED) is 0.869. The van der Waals surface area contributed by atoms with E-state index in [1.165, 1.54) is 30.6 Å². The van der Waals surface area contributed by atoms with Crippen LogP contribution in [0.15, 0.2) is 23.2 Å². The van der Waals surface area contributed by atoms with Crippen LogP contribution >= 0.6 is 11.8 Å². The Kier molecular flexibility index (Phi) is 4.24. The first-order chi connectivity index (χ1) is 7.79. The molecule has 0 aromatic carbocycles. The maximum atomic E-state index is 5.94. The molecule has 2 nitrogen and oxygen atoms in total. The van der Waals surface area contributed by atoms with Crippen LogP contribution in [0, 0.1) is 0 Å². The van der Waals surface area contributed by atoms with E-state index >= 15 is 0 Å². The summed E-state index contributed by atoms with van der Waals surface area (Å²) in [6.45, 7) is 2.09. The van der Waals surface area contributed by atoms with Crippen LogP contribution < -0.4 is 5.73 Å². The third-order valence-electron chi connectivity index (χ3n) is 3.18. The van der Waals surface area contributed by atoms with Gasteiger partial charge in [0.1, 0.15) is 0 Å². The smallest absolute Gasteiger partial charge is 0.0571 e. The molecule has 0 saturated heterocycles. The molecule has 2 N–H and O–H groups in total. The standard InChI is InChI=1S/C13H20N2S/c1-2-12(14)13-8-7-11(9-15-13)16-10-5-3-4-6-10/h7-10,12H,2-6,14H2,1H3/t12-/m0/s1. The second-order valence-electron chi connectivity index (χ2n) is 4.46. The molecule has 3 heteroatoms. The molecular formula is C13H20N2S. The van der Waals surface area contributed by atoms with Crippen LogP contribution in [0.3, 0.4) is 0 Å². The van der Waals surface area contributed by atoms with Gasteiger partial charge in [0.15, 0.2) is 0 Å². The van der Waals surface area contributed by atoms with E-state index in [2.05, 4.69) is 24.0 Å². The highest BCUT2D eigenvalue weighted by Crippen LogP contribution is 2.34.